The minimum atomic E-state index is -1.05. The molecule has 2 amide bonds. The summed E-state index contributed by atoms with van der Waals surface area (Å²) in [7, 11) is 3.04. The Morgan fingerprint density at radius 1 is 0.839 bits per heavy atom. The Morgan fingerprint density at radius 3 is 2.13 bits per heavy atom. The highest BCUT2D eigenvalue weighted by atomic mass is 19.1. The molecule has 3 aromatic rings. The van der Waals surface area contributed by atoms with Crippen LogP contribution in [0.15, 0.2) is 72.8 Å². The molecule has 0 aromatic heterocycles. The Balaban J connectivity index is 1.84. The van der Waals surface area contributed by atoms with Crippen LogP contribution in [0.5, 0.6) is 11.5 Å². The van der Waals surface area contributed by atoms with Gasteiger partial charge in [0.25, 0.3) is 5.91 Å². The molecule has 1 unspecified atom stereocenters. The summed E-state index contributed by atoms with van der Waals surface area (Å²) in [6.07, 6.45) is 0. The molecule has 0 radical (unpaired) electrons. The molecule has 1 atom stereocenters. The van der Waals surface area contributed by atoms with E-state index < -0.39 is 17.8 Å². The lowest BCUT2D eigenvalue weighted by atomic mass is 9.99. The highest BCUT2D eigenvalue weighted by Crippen LogP contribution is 2.38. The highest BCUT2D eigenvalue weighted by molar-refractivity contribution is 6.15. The number of methoxy groups -OCH3 is 2. The third kappa shape index (κ3) is 3.70. The summed E-state index contributed by atoms with van der Waals surface area (Å²) < 4.78 is 25.3. The number of anilines is 2. The standard InChI is InChI=1S/C24H21FN2O4/c1-30-17-13-11-16(12-14-17)23-24(29)26(20-9-5-6-10-21(20)31-2)15-22(28)27(23)19-8-4-3-7-18(19)25/h3-14,23H,15H2,1-2H3. The van der Waals surface area contributed by atoms with Crippen LogP contribution in [0, 0.1) is 5.82 Å². The number of piperazine rings is 1. The maximum Gasteiger partial charge on any atom is 0.255 e. The number of rotatable bonds is 5. The first-order valence-electron chi connectivity index (χ1n) is 9.70. The molecule has 7 heteroatoms. The van der Waals surface area contributed by atoms with Crippen LogP contribution in [-0.4, -0.2) is 32.6 Å². The Kier molecular flexibility index (Phi) is 5.58. The molecule has 0 N–H and O–H groups in total. The SMILES string of the molecule is COc1ccc(C2C(=O)N(c3ccccc3OC)CC(=O)N2c2ccccc2F)cc1. The van der Waals surface area contributed by atoms with Gasteiger partial charge in [0, 0.05) is 0 Å². The third-order valence-electron chi connectivity index (χ3n) is 5.24. The highest BCUT2D eigenvalue weighted by Gasteiger charge is 2.43. The fraction of sp³-hybridized carbons (Fsp3) is 0.167. The van der Waals surface area contributed by atoms with E-state index in [1.54, 1.807) is 67.8 Å². The summed E-state index contributed by atoms with van der Waals surface area (Å²) in [5, 5.41) is 0. The first-order valence-corrected chi connectivity index (χ1v) is 9.70. The summed E-state index contributed by atoms with van der Waals surface area (Å²) in [6.45, 7) is -0.236. The van der Waals surface area contributed by atoms with Crippen molar-refractivity contribution >= 4 is 23.2 Å². The van der Waals surface area contributed by atoms with Gasteiger partial charge in [-0.2, -0.15) is 0 Å². The van der Waals surface area contributed by atoms with Crippen molar-refractivity contribution in [3.05, 3.63) is 84.2 Å². The lowest BCUT2D eigenvalue weighted by Crippen LogP contribution is -2.56. The summed E-state index contributed by atoms with van der Waals surface area (Å²) in [4.78, 5) is 29.6. The number of carbonyl (C=O) groups excluding carboxylic acids is 2. The van der Waals surface area contributed by atoms with Gasteiger partial charge in [0.05, 0.1) is 25.6 Å². The molecule has 1 heterocycles. The summed E-state index contributed by atoms with van der Waals surface area (Å²) >= 11 is 0. The van der Waals surface area contributed by atoms with Gasteiger partial charge in [-0.3, -0.25) is 19.4 Å². The third-order valence-corrected chi connectivity index (χ3v) is 5.24. The molecule has 0 aliphatic carbocycles. The van der Waals surface area contributed by atoms with E-state index in [1.807, 2.05) is 0 Å². The number of ether oxygens (including phenoxy) is 2. The van der Waals surface area contributed by atoms with Crippen molar-refractivity contribution in [2.45, 2.75) is 6.04 Å². The number of carbonyl (C=O) groups is 2. The van der Waals surface area contributed by atoms with E-state index in [4.69, 9.17) is 9.47 Å². The smallest absolute Gasteiger partial charge is 0.255 e. The molecule has 3 aromatic carbocycles. The molecule has 1 fully saturated rings. The van der Waals surface area contributed by atoms with E-state index in [-0.39, 0.29) is 18.1 Å². The van der Waals surface area contributed by atoms with Gasteiger partial charge in [0.15, 0.2) is 0 Å². The molecule has 6 nitrogen and oxygen atoms in total. The Bertz CT molecular complexity index is 1120. The number of amides is 2. The van der Waals surface area contributed by atoms with Gasteiger partial charge in [-0.05, 0) is 42.0 Å². The van der Waals surface area contributed by atoms with Crippen molar-refractivity contribution in [3.8, 4) is 11.5 Å². The lowest BCUT2D eigenvalue weighted by molar-refractivity contribution is -0.128. The summed E-state index contributed by atoms with van der Waals surface area (Å²) in [6, 6.07) is 18.7. The second-order valence-corrected chi connectivity index (χ2v) is 6.99. The first kappa shape index (κ1) is 20.4. The molecule has 1 aliphatic rings. The fourth-order valence-corrected chi connectivity index (χ4v) is 3.75. The fourth-order valence-electron chi connectivity index (χ4n) is 3.75. The second kappa shape index (κ2) is 8.47. The van der Waals surface area contributed by atoms with Crippen molar-refractivity contribution in [3.63, 3.8) is 0 Å². The second-order valence-electron chi connectivity index (χ2n) is 6.99. The minimum absolute atomic E-state index is 0.0568. The number of hydrogen-bond donors (Lipinski definition) is 0. The number of benzene rings is 3. The van der Waals surface area contributed by atoms with E-state index in [9.17, 15) is 14.0 Å². The molecular formula is C24H21FN2O4. The minimum Gasteiger partial charge on any atom is -0.497 e. The zero-order chi connectivity index (χ0) is 22.0. The number of hydrogen-bond acceptors (Lipinski definition) is 4. The van der Waals surface area contributed by atoms with Gasteiger partial charge in [0.1, 0.15) is 29.9 Å². The van der Waals surface area contributed by atoms with Crippen LogP contribution in [0.25, 0.3) is 0 Å². The molecule has 0 saturated carbocycles. The molecular weight excluding hydrogens is 399 g/mol. The van der Waals surface area contributed by atoms with Crippen molar-refractivity contribution < 1.29 is 23.5 Å². The van der Waals surface area contributed by atoms with Crippen LogP contribution in [0.4, 0.5) is 15.8 Å². The van der Waals surface area contributed by atoms with Crippen molar-refractivity contribution in [2.75, 3.05) is 30.6 Å². The molecule has 1 saturated heterocycles. The zero-order valence-electron chi connectivity index (χ0n) is 17.1. The molecule has 4 rings (SSSR count). The quantitative estimate of drug-likeness (QED) is 0.627. The summed E-state index contributed by atoms with van der Waals surface area (Å²) in [5.41, 5.74) is 1.08. The van der Waals surface area contributed by atoms with E-state index in [0.717, 1.165) is 0 Å². The normalized spacial score (nSPS) is 16.4. The maximum atomic E-state index is 14.7. The molecule has 158 valence electrons. The van der Waals surface area contributed by atoms with E-state index in [2.05, 4.69) is 0 Å². The van der Waals surface area contributed by atoms with Gasteiger partial charge >= 0.3 is 0 Å². The first-order chi connectivity index (χ1) is 15.0. The average molecular weight is 420 g/mol. The van der Waals surface area contributed by atoms with Crippen molar-refractivity contribution in [2.24, 2.45) is 0 Å². The largest absolute Gasteiger partial charge is 0.497 e. The van der Waals surface area contributed by atoms with E-state index in [0.29, 0.717) is 22.7 Å². The van der Waals surface area contributed by atoms with Gasteiger partial charge in [-0.1, -0.05) is 36.4 Å². The van der Waals surface area contributed by atoms with E-state index in [1.165, 1.54) is 29.0 Å². The van der Waals surface area contributed by atoms with Crippen molar-refractivity contribution in [1.29, 1.82) is 0 Å². The van der Waals surface area contributed by atoms with Gasteiger partial charge in [0.2, 0.25) is 5.91 Å². The maximum absolute atomic E-state index is 14.7. The topological polar surface area (TPSA) is 59.1 Å². The summed E-state index contributed by atoms with van der Waals surface area (Å²) in [5.74, 6) is -0.268. The molecule has 1 aliphatic heterocycles. The Hall–Kier alpha value is -3.87. The number of nitrogens with zero attached hydrogens (tertiary/aromatic N) is 2. The zero-order valence-corrected chi connectivity index (χ0v) is 17.1. The van der Waals surface area contributed by atoms with Gasteiger partial charge < -0.3 is 9.47 Å². The molecule has 0 spiro atoms. The van der Waals surface area contributed by atoms with Crippen LogP contribution >= 0.6 is 0 Å². The number of halogens is 1. The average Bonchev–Trinajstić information content (AvgIpc) is 2.81. The Morgan fingerprint density at radius 2 is 1.48 bits per heavy atom. The van der Waals surface area contributed by atoms with Crippen LogP contribution in [-0.2, 0) is 9.59 Å². The predicted molar refractivity (Wildman–Crippen MR) is 115 cm³/mol. The van der Waals surface area contributed by atoms with Crippen molar-refractivity contribution in [1.82, 2.24) is 0 Å². The van der Waals surface area contributed by atoms with Gasteiger partial charge in [-0.15, -0.1) is 0 Å². The van der Waals surface area contributed by atoms with Crippen LogP contribution in [0.3, 0.4) is 0 Å². The van der Waals surface area contributed by atoms with Crippen LogP contribution in [0.1, 0.15) is 11.6 Å². The lowest BCUT2D eigenvalue weighted by Gasteiger charge is -2.40. The Labute approximate surface area is 179 Å². The molecule has 0 bridgehead atoms. The predicted octanol–water partition coefficient (Wildman–Crippen LogP) is 3.96. The van der Waals surface area contributed by atoms with Crippen LogP contribution in [0.2, 0.25) is 0 Å². The van der Waals surface area contributed by atoms with Crippen LogP contribution < -0.4 is 19.3 Å². The number of para-hydroxylation sites is 3. The van der Waals surface area contributed by atoms with Gasteiger partial charge in [-0.25, -0.2) is 4.39 Å². The monoisotopic (exact) mass is 420 g/mol. The molecule has 31 heavy (non-hydrogen) atoms. The van der Waals surface area contributed by atoms with E-state index >= 15 is 0 Å².